The van der Waals surface area contributed by atoms with E-state index in [2.05, 4.69) is 0 Å². The van der Waals surface area contributed by atoms with E-state index in [0.717, 1.165) is 18.2 Å². The highest BCUT2D eigenvalue weighted by atomic mass is 19.1. The summed E-state index contributed by atoms with van der Waals surface area (Å²) in [4.78, 5) is 12.2. The van der Waals surface area contributed by atoms with E-state index in [0.29, 0.717) is 0 Å². The lowest BCUT2D eigenvalue weighted by Gasteiger charge is -2.08. The van der Waals surface area contributed by atoms with Crippen LogP contribution in [-0.4, -0.2) is 12.9 Å². The zero-order valence-electron chi connectivity index (χ0n) is 10.1. The van der Waals surface area contributed by atoms with E-state index in [1.807, 2.05) is 0 Å². The molecule has 98 valence electrons. The number of anilines is 1. The summed E-state index contributed by atoms with van der Waals surface area (Å²) in [5.41, 5.74) is 5.40. The Morgan fingerprint density at radius 2 is 1.84 bits per heavy atom. The van der Waals surface area contributed by atoms with Crippen LogP contribution in [-0.2, 0) is 0 Å². The Labute approximate surface area is 108 Å². The summed E-state index contributed by atoms with van der Waals surface area (Å²) in [5.74, 6) is -1.83. The third-order valence-electron chi connectivity index (χ3n) is 2.64. The number of halogens is 2. The lowest BCUT2D eigenvalue weighted by atomic mass is 10.0. The molecule has 0 radical (unpaired) electrons. The topological polar surface area (TPSA) is 52.3 Å². The highest BCUT2D eigenvalue weighted by Gasteiger charge is 2.18. The second-order valence-electron chi connectivity index (χ2n) is 3.91. The first-order chi connectivity index (χ1) is 9.02. The lowest BCUT2D eigenvalue weighted by Crippen LogP contribution is -2.07. The van der Waals surface area contributed by atoms with Gasteiger partial charge in [0.1, 0.15) is 17.4 Å². The molecule has 0 aliphatic carbocycles. The molecule has 0 aliphatic heterocycles. The van der Waals surface area contributed by atoms with Crippen molar-refractivity contribution in [3.63, 3.8) is 0 Å². The molecule has 2 aromatic rings. The van der Waals surface area contributed by atoms with Crippen molar-refractivity contribution in [1.82, 2.24) is 0 Å². The van der Waals surface area contributed by atoms with Gasteiger partial charge in [-0.05, 0) is 36.4 Å². The van der Waals surface area contributed by atoms with Crippen molar-refractivity contribution in [3.05, 3.63) is 59.2 Å². The van der Waals surface area contributed by atoms with Gasteiger partial charge in [0.15, 0.2) is 5.78 Å². The highest BCUT2D eigenvalue weighted by molar-refractivity contribution is 6.11. The fourth-order valence-electron chi connectivity index (χ4n) is 1.72. The van der Waals surface area contributed by atoms with E-state index in [1.54, 1.807) is 0 Å². The SMILES string of the molecule is COc1ccc(F)cc1C(=O)c1ccc(N)cc1F. The van der Waals surface area contributed by atoms with E-state index in [9.17, 15) is 13.6 Å². The maximum absolute atomic E-state index is 13.7. The summed E-state index contributed by atoms with van der Waals surface area (Å²) >= 11 is 0. The van der Waals surface area contributed by atoms with Crippen LogP contribution in [0.3, 0.4) is 0 Å². The molecule has 0 saturated carbocycles. The first kappa shape index (κ1) is 13.0. The number of hydrogen-bond acceptors (Lipinski definition) is 3. The number of methoxy groups -OCH3 is 1. The van der Waals surface area contributed by atoms with Gasteiger partial charge in [-0.15, -0.1) is 0 Å². The van der Waals surface area contributed by atoms with E-state index in [1.165, 1.54) is 25.3 Å². The Morgan fingerprint density at radius 3 is 2.47 bits per heavy atom. The summed E-state index contributed by atoms with van der Waals surface area (Å²) in [6.45, 7) is 0. The number of hydrogen-bond donors (Lipinski definition) is 1. The van der Waals surface area contributed by atoms with Gasteiger partial charge in [-0.2, -0.15) is 0 Å². The largest absolute Gasteiger partial charge is 0.496 e. The Hall–Kier alpha value is -2.43. The van der Waals surface area contributed by atoms with Crippen LogP contribution in [0.2, 0.25) is 0 Å². The number of rotatable bonds is 3. The molecule has 0 spiro atoms. The maximum atomic E-state index is 13.7. The molecule has 0 aliphatic rings. The van der Waals surface area contributed by atoms with Gasteiger partial charge >= 0.3 is 0 Å². The predicted molar refractivity (Wildman–Crippen MR) is 67.2 cm³/mol. The Kier molecular flexibility index (Phi) is 3.46. The molecule has 0 amide bonds. The monoisotopic (exact) mass is 263 g/mol. The average Bonchev–Trinajstić information content (AvgIpc) is 2.38. The molecular weight excluding hydrogens is 252 g/mol. The van der Waals surface area contributed by atoms with Gasteiger partial charge in [0, 0.05) is 5.69 Å². The van der Waals surface area contributed by atoms with Crippen LogP contribution in [0, 0.1) is 11.6 Å². The molecule has 0 aromatic heterocycles. The second kappa shape index (κ2) is 5.06. The molecule has 2 aromatic carbocycles. The smallest absolute Gasteiger partial charge is 0.199 e. The number of nitrogen functional groups attached to an aromatic ring is 1. The molecule has 2 rings (SSSR count). The number of carbonyl (C=O) groups excluding carboxylic acids is 1. The first-order valence-corrected chi connectivity index (χ1v) is 5.46. The Morgan fingerprint density at radius 1 is 1.11 bits per heavy atom. The van der Waals surface area contributed by atoms with Gasteiger partial charge in [0.2, 0.25) is 0 Å². The van der Waals surface area contributed by atoms with Gasteiger partial charge in [0.25, 0.3) is 0 Å². The molecule has 0 heterocycles. The van der Waals surface area contributed by atoms with Gasteiger partial charge < -0.3 is 10.5 Å². The molecule has 0 fully saturated rings. The number of nitrogens with two attached hydrogens (primary N) is 1. The number of ketones is 1. The van der Waals surface area contributed by atoms with E-state index >= 15 is 0 Å². The van der Waals surface area contributed by atoms with Crippen LogP contribution in [0.25, 0.3) is 0 Å². The summed E-state index contributed by atoms with van der Waals surface area (Å²) in [6.07, 6.45) is 0. The van der Waals surface area contributed by atoms with Gasteiger partial charge in [0.05, 0.1) is 18.2 Å². The van der Waals surface area contributed by atoms with Crippen molar-refractivity contribution in [1.29, 1.82) is 0 Å². The van der Waals surface area contributed by atoms with Crippen molar-refractivity contribution >= 4 is 11.5 Å². The molecule has 19 heavy (non-hydrogen) atoms. The summed E-state index contributed by atoms with van der Waals surface area (Å²) in [5, 5.41) is 0. The quantitative estimate of drug-likeness (QED) is 0.684. The van der Waals surface area contributed by atoms with Crippen molar-refractivity contribution < 1.29 is 18.3 Å². The maximum Gasteiger partial charge on any atom is 0.199 e. The van der Waals surface area contributed by atoms with Crippen LogP contribution < -0.4 is 10.5 Å². The number of carbonyl (C=O) groups is 1. The molecule has 0 saturated heterocycles. The van der Waals surface area contributed by atoms with Crippen LogP contribution in [0.1, 0.15) is 15.9 Å². The van der Waals surface area contributed by atoms with Crippen LogP contribution in [0.15, 0.2) is 36.4 Å². The zero-order valence-corrected chi connectivity index (χ0v) is 10.1. The molecule has 2 N–H and O–H groups in total. The van der Waals surface area contributed by atoms with Crippen molar-refractivity contribution in [2.75, 3.05) is 12.8 Å². The Bertz CT molecular complexity index is 641. The fourth-order valence-corrected chi connectivity index (χ4v) is 1.72. The van der Waals surface area contributed by atoms with E-state index in [-0.39, 0.29) is 22.6 Å². The molecule has 0 bridgehead atoms. The minimum atomic E-state index is -0.753. The number of benzene rings is 2. The standard InChI is InChI=1S/C14H11F2NO2/c1-19-13-5-2-8(15)6-11(13)14(18)10-4-3-9(17)7-12(10)16/h2-7H,17H2,1H3. The normalized spacial score (nSPS) is 10.3. The lowest BCUT2D eigenvalue weighted by molar-refractivity contribution is 0.103. The molecule has 3 nitrogen and oxygen atoms in total. The third-order valence-corrected chi connectivity index (χ3v) is 2.64. The number of ether oxygens (including phenoxy) is 1. The summed E-state index contributed by atoms with van der Waals surface area (Å²) in [6, 6.07) is 7.20. The van der Waals surface area contributed by atoms with E-state index < -0.39 is 17.4 Å². The molecule has 0 atom stereocenters. The average molecular weight is 263 g/mol. The fraction of sp³-hybridized carbons (Fsp3) is 0.0714. The summed E-state index contributed by atoms with van der Waals surface area (Å²) < 4.78 is 31.9. The van der Waals surface area contributed by atoms with Crippen molar-refractivity contribution in [3.8, 4) is 5.75 Å². The molecule has 0 unspecified atom stereocenters. The molecular formula is C14H11F2NO2. The summed E-state index contributed by atoms with van der Waals surface area (Å²) in [7, 11) is 1.35. The van der Waals surface area contributed by atoms with Gasteiger partial charge in [-0.25, -0.2) is 8.78 Å². The van der Waals surface area contributed by atoms with Crippen LogP contribution >= 0.6 is 0 Å². The highest BCUT2D eigenvalue weighted by Crippen LogP contribution is 2.24. The van der Waals surface area contributed by atoms with Crippen molar-refractivity contribution in [2.24, 2.45) is 0 Å². The van der Waals surface area contributed by atoms with E-state index in [4.69, 9.17) is 10.5 Å². The minimum absolute atomic E-state index is 0.0360. The van der Waals surface area contributed by atoms with Gasteiger partial charge in [-0.1, -0.05) is 0 Å². The first-order valence-electron chi connectivity index (χ1n) is 5.46. The van der Waals surface area contributed by atoms with Crippen molar-refractivity contribution in [2.45, 2.75) is 0 Å². The molecule has 5 heteroatoms. The predicted octanol–water partition coefficient (Wildman–Crippen LogP) is 2.79. The zero-order chi connectivity index (χ0) is 14.0. The minimum Gasteiger partial charge on any atom is -0.496 e. The second-order valence-corrected chi connectivity index (χ2v) is 3.91. The third kappa shape index (κ3) is 2.54. The van der Waals surface area contributed by atoms with Crippen LogP contribution in [0.5, 0.6) is 5.75 Å². The van der Waals surface area contributed by atoms with Gasteiger partial charge in [-0.3, -0.25) is 4.79 Å². The van der Waals surface area contributed by atoms with Crippen LogP contribution in [0.4, 0.5) is 14.5 Å². The Balaban J connectivity index is 2.52.